The largest absolute Gasteiger partial charge is 0.137 e. The van der Waals surface area contributed by atoms with Crippen LogP contribution in [0, 0.1) is 16.9 Å². The van der Waals surface area contributed by atoms with Crippen LogP contribution in [0.2, 0.25) is 0 Å². The van der Waals surface area contributed by atoms with Gasteiger partial charge in [0.1, 0.15) is 9.52 Å². The molecule has 14 heavy (non-hydrogen) atoms. The average Bonchev–Trinajstić information content (AvgIpc) is 2.13. The summed E-state index contributed by atoms with van der Waals surface area (Å²) in [5.74, 6) is 3.29. The van der Waals surface area contributed by atoms with Crippen LogP contribution >= 0.6 is 0 Å². The van der Waals surface area contributed by atoms with Crippen LogP contribution in [0.5, 0.6) is 0 Å². The lowest BCUT2D eigenvalue weighted by atomic mass is 9.93. The zero-order valence-corrected chi connectivity index (χ0v) is 10.7. The van der Waals surface area contributed by atoms with Crippen molar-refractivity contribution in [2.24, 2.45) is 5.41 Å². The average molecular weight is 202 g/mol. The second-order valence-corrected chi connectivity index (χ2v) is 6.28. The van der Waals surface area contributed by atoms with E-state index in [1.165, 1.54) is 5.19 Å². The molecule has 1 aromatic carbocycles. The van der Waals surface area contributed by atoms with Crippen molar-refractivity contribution in [3.05, 3.63) is 30.3 Å². The lowest BCUT2D eigenvalue weighted by molar-refractivity contribution is 0.428. The highest BCUT2D eigenvalue weighted by Crippen LogP contribution is 2.16. The summed E-state index contributed by atoms with van der Waals surface area (Å²) < 4.78 is 0. The Morgan fingerprint density at radius 1 is 1.14 bits per heavy atom. The van der Waals surface area contributed by atoms with Gasteiger partial charge >= 0.3 is 0 Å². The van der Waals surface area contributed by atoms with E-state index in [9.17, 15) is 0 Å². The van der Waals surface area contributed by atoms with E-state index in [1.54, 1.807) is 0 Å². The molecule has 0 fully saturated rings. The maximum atomic E-state index is 3.35. The van der Waals surface area contributed by atoms with Gasteiger partial charge in [-0.3, -0.25) is 0 Å². The molecule has 0 unspecified atom stereocenters. The van der Waals surface area contributed by atoms with Gasteiger partial charge in [0, 0.05) is 6.42 Å². The smallest absolute Gasteiger partial charge is 0.134 e. The Morgan fingerprint density at radius 3 is 2.36 bits per heavy atom. The van der Waals surface area contributed by atoms with Crippen LogP contribution in [0.1, 0.15) is 27.2 Å². The molecule has 74 valence electrons. The van der Waals surface area contributed by atoms with Gasteiger partial charge in [0.2, 0.25) is 0 Å². The molecule has 0 aliphatic carbocycles. The van der Waals surface area contributed by atoms with Crippen LogP contribution in [0.25, 0.3) is 0 Å². The van der Waals surface area contributed by atoms with E-state index in [4.69, 9.17) is 0 Å². The van der Waals surface area contributed by atoms with E-state index < -0.39 is 0 Å². The number of rotatable bonds is 1. The van der Waals surface area contributed by atoms with Crippen LogP contribution in [-0.2, 0) is 0 Å². The summed E-state index contributed by atoms with van der Waals surface area (Å²) in [6.07, 6.45) is 1.01. The molecular weight excluding hydrogens is 184 g/mol. The van der Waals surface area contributed by atoms with Crippen molar-refractivity contribution >= 4 is 14.7 Å². The van der Waals surface area contributed by atoms with E-state index in [2.05, 4.69) is 62.6 Å². The second-order valence-electron chi connectivity index (χ2n) is 4.75. The Labute approximate surface area is 89.6 Å². The van der Waals surface area contributed by atoms with Gasteiger partial charge in [-0.15, -0.1) is 11.5 Å². The molecule has 0 atom stereocenters. The number of benzene rings is 1. The summed E-state index contributed by atoms with van der Waals surface area (Å²) in [5.41, 5.74) is 3.69. The second kappa shape index (κ2) is 5.02. The molecule has 1 heteroatoms. The molecule has 0 aliphatic rings. The fourth-order valence-electron chi connectivity index (χ4n) is 1.09. The van der Waals surface area contributed by atoms with Crippen LogP contribution in [-0.4, -0.2) is 9.52 Å². The minimum atomic E-state index is -0.341. The minimum Gasteiger partial charge on any atom is -0.134 e. The molecule has 0 aliphatic heterocycles. The maximum Gasteiger partial charge on any atom is 0.137 e. The summed E-state index contributed by atoms with van der Waals surface area (Å²) in [7, 11) is -0.341. The normalized spacial score (nSPS) is 11.4. The van der Waals surface area contributed by atoms with Crippen molar-refractivity contribution in [1.82, 2.24) is 0 Å². The van der Waals surface area contributed by atoms with Gasteiger partial charge in [0.15, 0.2) is 0 Å². The molecule has 0 amide bonds. The SMILES string of the molecule is CC(C)(C)CC#C[SiH2]c1ccccc1. The van der Waals surface area contributed by atoms with Gasteiger partial charge in [-0.1, -0.05) is 56.3 Å². The van der Waals surface area contributed by atoms with Crippen LogP contribution < -0.4 is 5.19 Å². The fourth-order valence-corrected chi connectivity index (χ4v) is 2.05. The zero-order valence-electron chi connectivity index (χ0n) is 9.30. The van der Waals surface area contributed by atoms with Gasteiger partial charge in [0.25, 0.3) is 0 Å². The van der Waals surface area contributed by atoms with Gasteiger partial charge in [0.05, 0.1) is 0 Å². The topological polar surface area (TPSA) is 0 Å². The first-order chi connectivity index (χ1) is 6.58. The molecule has 0 N–H and O–H groups in total. The summed E-state index contributed by atoms with van der Waals surface area (Å²) >= 11 is 0. The first-order valence-corrected chi connectivity index (χ1v) is 6.49. The lowest BCUT2D eigenvalue weighted by Gasteiger charge is -2.12. The molecule has 0 bridgehead atoms. The van der Waals surface area contributed by atoms with E-state index in [0.29, 0.717) is 5.41 Å². The summed E-state index contributed by atoms with van der Waals surface area (Å²) in [6.45, 7) is 6.68. The maximum absolute atomic E-state index is 3.35. The third-order valence-electron chi connectivity index (χ3n) is 1.88. The highest BCUT2D eigenvalue weighted by Gasteiger charge is 2.06. The monoisotopic (exact) mass is 202 g/mol. The van der Waals surface area contributed by atoms with Crippen molar-refractivity contribution in [2.45, 2.75) is 27.2 Å². The summed E-state index contributed by atoms with van der Waals surface area (Å²) in [4.78, 5) is 0. The summed E-state index contributed by atoms with van der Waals surface area (Å²) in [5, 5.41) is 1.44. The highest BCUT2D eigenvalue weighted by molar-refractivity contribution is 6.61. The number of hydrogen-bond acceptors (Lipinski definition) is 0. The van der Waals surface area contributed by atoms with E-state index in [1.807, 2.05) is 0 Å². The van der Waals surface area contributed by atoms with Gasteiger partial charge in [-0.2, -0.15) is 0 Å². The Morgan fingerprint density at radius 2 is 1.79 bits per heavy atom. The Bertz CT molecular complexity index is 322. The van der Waals surface area contributed by atoms with Crippen LogP contribution in [0.4, 0.5) is 0 Å². The molecule has 0 aromatic heterocycles. The fraction of sp³-hybridized carbons (Fsp3) is 0.385. The van der Waals surface area contributed by atoms with Crippen LogP contribution in [0.3, 0.4) is 0 Å². The molecular formula is C13H18Si. The van der Waals surface area contributed by atoms with Crippen molar-refractivity contribution in [2.75, 3.05) is 0 Å². The molecule has 1 aromatic rings. The molecule has 0 spiro atoms. The van der Waals surface area contributed by atoms with Crippen LogP contribution in [0.15, 0.2) is 30.3 Å². The van der Waals surface area contributed by atoms with Crippen molar-refractivity contribution in [3.8, 4) is 11.5 Å². The predicted octanol–water partition coefficient (Wildman–Crippen LogP) is 1.88. The Kier molecular flexibility index (Phi) is 3.97. The molecule has 0 nitrogen and oxygen atoms in total. The molecule has 1 rings (SSSR count). The molecule has 0 radical (unpaired) electrons. The third kappa shape index (κ3) is 4.89. The first kappa shape index (κ1) is 11.1. The predicted molar refractivity (Wildman–Crippen MR) is 66.5 cm³/mol. The van der Waals surface area contributed by atoms with Crippen molar-refractivity contribution < 1.29 is 0 Å². The lowest BCUT2D eigenvalue weighted by Crippen LogP contribution is -2.11. The van der Waals surface area contributed by atoms with E-state index >= 15 is 0 Å². The first-order valence-electron chi connectivity index (χ1n) is 5.07. The Hall–Kier alpha value is -1.00. The Balaban J connectivity index is 2.41. The van der Waals surface area contributed by atoms with Crippen molar-refractivity contribution in [1.29, 1.82) is 0 Å². The van der Waals surface area contributed by atoms with E-state index in [0.717, 1.165) is 6.42 Å². The molecule has 0 saturated heterocycles. The highest BCUT2D eigenvalue weighted by atomic mass is 28.2. The molecule has 0 heterocycles. The van der Waals surface area contributed by atoms with Crippen molar-refractivity contribution in [3.63, 3.8) is 0 Å². The summed E-state index contributed by atoms with van der Waals surface area (Å²) in [6, 6.07) is 10.6. The molecule has 0 saturated carbocycles. The zero-order chi connectivity index (χ0) is 10.4. The van der Waals surface area contributed by atoms with Gasteiger partial charge in [-0.25, -0.2) is 0 Å². The van der Waals surface area contributed by atoms with Gasteiger partial charge in [-0.05, 0) is 5.41 Å². The minimum absolute atomic E-state index is 0.341. The standard InChI is InChI=1S/C13H18Si/c1-13(2,3)10-7-11-14-12-8-5-4-6-9-12/h4-6,8-9H,10,14H2,1-3H3. The number of hydrogen-bond donors (Lipinski definition) is 0. The van der Waals surface area contributed by atoms with Gasteiger partial charge < -0.3 is 0 Å². The quantitative estimate of drug-likeness (QED) is 0.482. The third-order valence-corrected chi connectivity index (χ3v) is 3.19. The van der Waals surface area contributed by atoms with E-state index in [-0.39, 0.29) is 9.52 Å².